The second kappa shape index (κ2) is 16.8. The maximum atomic E-state index is 14.3. The minimum Gasteiger partial charge on any atom is -0.481 e. The second-order valence-electron chi connectivity index (χ2n) is 13.3. The number of ether oxygens (including phenoxy) is 1. The number of carbonyl (C=O) groups is 5. The first-order chi connectivity index (χ1) is 23.7. The summed E-state index contributed by atoms with van der Waals surface area (Å²) in [5.74, 6) is -4.19. The molecule has 0 aliphatic carbocycles. The summed E-state index contributed by atoms with van der Waals surface area (Å²) < 4.78 is 5.75. The van der Waals surface area contributed by atoms with Gasteiger partial charge in [0.25, 0.3) is 0 Å². The lowest BCUT2D eigenvalue weighted by Crippen LogP contribution is -2.58. The standard InChI is InChI=1S/C38H45N5O7/c1-38(2,3)50-37(49)32(21-26-23-40-29-18-12-11-17-27(26)29)43(4)36(48)31(20-25-15-9-6-10-16-25)42-35(47)30(22-33(44)45)41-34(46)28(39)19-24-13-7-5-8-14-24/h5-18,23,28,30-32,40H,19-22,39H2,1-4H3,(H,41,46)(H,42,47)(H,44,45)/t28-,30-,31-,32+/m0/s1. The van der Waals surface area contributed by atoms with Gasteiger partial charge < -0.3 is 36.1 Å². The Morgan fingerprint density at radius 3 is 1.96 bits per heavy atom. The largest absolute Gasteiger partial charge is 0.481 e. The van der Waals surface area contributed by atoms with Crippen LogP contribution in [0.25, 0.3) is 10.9 Å². The Kier molecular flexibility index (Phi) is 12.5. The summed E-state index contributed by atoms with van der Waals surface area (Å²) in [6.07, 6.45) is 1.33. The average Bonchev–Trinajstić information content (AvgIpc) is 3.48. The monoisotopic (exact) mass is 683 g/mol. The maximum Gasteiger partial charge on any atom is 0.329 e. The van der Waals surface area contributed by atoms with Crippen LogP contribution in [0, 0.1) is 0 Å². The molecule has 3 amide bonds. The number of nitrogens with one attached hydrogen (secondary N) is 3. The number of aromatic nitrogens is 1. The van der Waals surface area contributed by atoms with Gasteiger partial charge in [0.2, 0.25) is 17.7 Å². The summed E-state index contributed by atoms with van der Waals surface area (Å²) in [7, 11) is 1.47. The van der Waals surface area contributed by atoms with Crippen LogP contribution < -0.4 is 16.4 Å². The highest BCUT2D eigenvalue weighted by Gasteiger charge is 2.37. The number of nitrogens with zero attached hydrogens (tertiary/aromatic N) is 1. The van der Waals surface area contributed by atoms with Crippen LogP contribution in [0.5, 0.6) is 0 Å². The number of aromatic amines is 1. The molecular formula is C38H45N5O7. The highest BCUT2D eigenvalue weighted by Crippen LogP contribution is 2.23. The van der Waals surface area contributed by atoms with Gasteiger partial charge in [0.1, 0.15) is 23.7 Å². The molecule has 50 heavy (non-hydrogen) atoms. The first-order valence-corrected chi connectivity index (χ1v) is 16.4. The molecule has 0 bridgehead atoms. The molecule has 0 saturated heterocycles. The van der Waals surface area contributed by atoms with Crippen molar-refractivity contribution in [2.45, 2.75) is 76.2 Å². The molecule has 1 aromatic heterocycles. The number of fused-ring (bicyclic) bond motifs is 1. The lowest BCUT2D eigenvalue weighted by Gasteiger charge is -2.33. The number of hydrogen-bond donors (Lipinski definition) is 5. The van der Waals surface area contributed by atoms with Gasteiger partial charge >= 0.3 is 11.9 Å². The molecule has 3 aromatic carbocycles. The van der Waals surface area contributed by atoms with E-state index in [0.717, 1.165) is 22.0 Å². The zero-order valence-electron chi connectivity index (χ0n) is 28.7. The number of H-pyrrole nitrogens is 1. The molecule has 6 N–H and O–H groups in total. The number of carbonyl (C=O) groups excluding carboxylic acids is 4. The molecule has 0 radical (unpaired) electrons. The number of nitrogens with two attached hydrogens (primary N) is 1. The van der Waals surface area contributed by atoms with Crippen LogP contribution in [-0.4, -0.2) is 81.5 Å². The van der Waals surface area contributed by atoms with E-state index in [-0.39, 0.29) is 19.3 Å². The summed E-state index contributed by atoms with van der Waals surface area (Å²) in [4.78, 5) is 71.0. The van der Waals surface area contributed by atoms with Crippen molar-refractivity contribution in [3.63, 3.8) is 0 Å². The van der Waals surface area contributed by atoms with Crippen LogP contribution in [0.3, 0.4) is 0 Å². The first kappa shape index (κ1) is 37.3. The van der Waals surface area contributed by atoms with Crippen LogP contribution in [0.1, 0.15) is 43.9 Å². The van der Waals surface area contributed by atoms with Crippen molar-refractivity contribution >= 4 is 40.6 Å². The quantitative estimate of drug-likeness (QED) is 0.118. The van der Waals surface area contributed by atoms with Gasteiger partial charge in [-0.1, -0.05) is 78.9 Å². The van der Waals surface area contributed by atoms with Crippen molar-refractivity contribution in [1.82, 2.24) is 20.5 Å². The van der Waals surface area contributed by atoms with E-state index in [4.69, 9.17) is 10.5 Å². The van der Waals surface area contributed by atoms with Gasteiger partial charge in [-0.3, -0.25) is 19.2 Å². The van der Waals surface area contributed by atoms with Crippen LogP contribution >= 0.6 is 0 Å². The van der Waals surface area contributed by atoms with E-state index in [0.29, 0.717) is 5.56 Å². The van der Waals surface area contributed by atoms with Gasteiger partial charge in [0.15, 0.2) is 0 Å². The fourth-order valence-electron chi connectivity index (χ4n) is 5.60. The molecule has 4 atom stereocenters. The molecule has 0 fully saturated rings. The molecule has 0 saturated carbocycles. The van der Waals surface area contributed by atoms with E-state index >= 15 is 0 Å². The Balaban J connectivity index is 1.61. The van der Waals surface area contributed by atoms with Crippen molar-refractivity contribution in [2.24, 2.45) is 5.73 Å². The summed E-state index contributed by atoms with van der Waals surface area (Å²) in [6.45, 7) is 5.20. The van der Waals surface area contributed by atoms with Crippen molar-refractivity contribution in [3.05, 3.63) is 108 Å². The Labute approximate surface area is 291 Å². The minimum atomic E-state index is -1.54. The number of esters is 1. The lowest BCUT2D eigenvalue weighted by molar-refractivity contribution is -0.164. The van der Waals surface area contributed by atoms with E-state index in [1.807, 2.05) is 36.4 Å². The third-order valence-electron chi connectivity index (χ3n) is 8.13. The topological polar surface area (TPSA) is 184 Å². The zero-order chi connectivity index (χ0) is 36.4. The molecule has 0 spiro atoms. The number of hydrogen-bond acceptors (Lipinski definition) is 7. The fourth-order valence-corrected chi connectivity index (χ4v) is 5.60. The van der Waals surface area contributed by atoms with Crippen LogP contribution in [-0.2, 0) is 48.0 Å². The van der Waals surface area contributed by atoms with E-state index < -0.39 is 65.8 Å². The van der Waals surface area contributed by atoms with E-state index in [1.165, 1.54) is 11.9 Å². The third kappa shape index (κ3) is 10.5. The third-order valence-corrected chi connectivity index (χ3v) is 8.13. The first-order valence-electron chi connectivity index (χ1n) is 16.4. The number of carboxylic acids is 1. The molecule has 12 heteroatoms. The Morgan fingerprint density at radius 1 is 0.800 bits per heavy atom. The van der Waals surface area contributed by atoms with E-state index in [2.05, 4.69) is 15.6 Å². The SMILES string of the molecule is CN(C(=O)[C@H](Cc1ccccc1)NC(=O)[C@H](CC(=O)O)NC(=O)[C@@H](N)Cc1ccccc1)[C@H](Cc1c[nH]c2ccccc12)C(=O)OC(C)(C)C. The van der Waals surface area contributed by atoms with Gasteiger partial charge in [-0.15, -0.1) is 0 Å². The molecule has 0 unspecified atom stereocenters. The zero-order valence-corrected chi connectivity index (χ0v) is 28.7. The van der Waals surface area contributed by atoms with Gasteiger partial charge in [-0.25, -0.2) is 4.79 Å². The number of aliphatic carboxylic acids is 1. The highest BCUT2D eigenvalue weighted by molar-refractivity contribution is 5.96. The molecule has 0 aliphatic rings. The summed E-state index contributed by atoms with van der Waals surface area (Å²) in [6, 6.07) is 20.6. The van der Waals surface area contributed by atoms with Gasteiger partial charge in [0.05, 0.1) is 12.5 Å². The van der Waals surface area contributed by atoms with Crippen LogP contribution in [0.4, 0.5) is 0 Å². The van der Waals surface area contributed by atoms with Crippen molar-refractivity contribution < 1.29 is 33.8 Å². The smallest absolute Gasteiger partial charge is 0.329 e. The number of amides is 3. The Hall–Kier alpha value is -5.49. The molecule has 4 rings (SSSR count). The normalized spacial score (nSPS) is 13.8. The van der Waals surface area contributed by atoms with Crippen molar-refractivity contribution in [2.75, 3.05) is 7.05 Å². The van der Waals surface area contributed by atoms with Gasteiger partial charge in [-0.05, 0) is 49.9 Å². The van der Waals surface area contributed by atoms with E-state index in [9.17, 15) is 29.1 Å². The van der Waals surface area contributed by atoms with Crippen molar-refractivity contribution in [1.29, 1.82) is 0 Å². The van der Waals surface area contributed by atoms with Crippen molar-refractivity contribution in [3.8, 4) is 0 Å². The number of likely N-dealkylation sites (N-methyl/N-ethyl adjacent to an activating group) is 1. The number of carboxylic acid groups (broad SMARTS) is 1. The summed E-state index contributed by atoms with van der Waals surface area (Å²) >= 11 is 0. The molecule has 12 nitrogen and oxygen atoms in total. The van der Waals surface area contributed by atoms with Crippen LogP contribution in [0.2, 0.25) is 0 Å². The predicted octanol–water partition coefficient (Wildman–Crippen LogP) is 3.14. The average molecular weight is 684 g/mol. The highest BCUT2D eigenvalue weighted by atomic mass is 16.6. The summed E-state index contributed by atoms with van der Waals surface area (Å²) in [5.41, 5.74) is 8.42. The second-order valence-corrected chi connectivity index (χ2v) is 13.3. The van der Waals surface area contributed by atoms with Gasteiger partial charge in [-0.2, -0.15) is 0 Å². The molecule has 0 aliphatic heterocycles. The predicted molar refractivity (Wildman–Crippen MR) is 189 cm³/mol. The molecule has 1 heterocycles. The van der Waals surface area contributed by atoms with Gasteiger partial charge in [0, 0.05) is 37.0 Å². The van der Waals surface area contributed by atoms with E-state index in [1.54, 1.807) is 75.5 Å². The number of para-hydroxylation sites is 1. The summed E-state index contributed by atoms with van der Waals surface area (Å²) in [5, 5.41) is 15.6. The Bertz CT molecular complexity index is 1790. The fraction of sp³-hybridized carbons (Fsp3) is 0.342. The number of rotatable bonds is 15. The molecule has 4 aromatic rings. The van der Waals surface area contributed by atoms with Crippen LogP contribution in [0.15, 0.2) is 91.1 Å². The minimum absolute atomic E-state index is 0.0190. The Morgan fingerprint density at radius 2 is 1.36 bits per heavy atom. The lowest BCUT2D eigenvalue weighted by atomic mass is 10.00. The number of benzene rings is 3. The molecule has 264 valence electrons. The maximum absolute atomic E-state index is 14.3. The molecular weight excluding hydrogens is 638 g/mol.